The van der Waals surface area contributed by atoms with Crippen LogP contribution in [0.25, 0.3) is 0 Å². The van der Waals surface area contributed by atoms with Crippen LogP contribution in [0.15, 0.2) is 47.4 Å². The molecule has 2 aromatic rings. The Morgan fingerprint density at radius 3 is 2.44 bits per heavy atom. The minimum atomic E-state index is -4.11. The molecule has 0 aromatic heterocycles. The maximum absolute atomic E-state index is 12.3. The van der Waals surface area contributed by atoms with Crippen molar-refractivity contribution in [2.45, 2.75) is 18.4 Å². The Bertz CT molecular complexity index is 942. The third-order valence-electron chi connectivity index (χ3n) is 3.67. The molecule has 0 aliphatic carbocycles. The molecule has 0 spiro atoms. The summed E-state index contributed by atoms with van der Waals surface area (Å²) in [6, 6.07) is 10.7. The molecule has 0 aliphatic rings. The molecule has 27 heavy (non-hydrogen) atoms. The van der Waals surface area contributed by atoms with E-state index in [1.807, 2.05) is 19.1 Å². The van der Waals surface area contributed by atoms with Crippen molar-refractivity contribution in [3.8, 4) is 0 Å². The monoisotopic (exact) mass is 393 g/mol. The van der Waals surface area contributed by atoms with Crippen LogP contribution in [-0.4, -0.2) is 32.9 Å². The van der Waals surface area contributed by atoms with Gasteiger partial charge in [-0.2, -0.15) is 4.72 Å². The zero-order valence-corrected chi connectivity index (χ0v) is 15.6. The average Bonchev–Trinajstić information content (AvgIpc) is 2.65. The van der Waals surface area contributed by atoms with Gasteiger partial charge >= 0.3 is 5.97 Å². The predicted octanol–water partition coefficient (Wildman–Crippen LogP) is 1.97. The normalized spacial score (nSPS) is 11.0. The zero-order chi connectivity index (χ0) is 20.0. The summed E-state index contributed by atoms with van der Waals surface area (Å²) in [7, 11) is -2.62. The summed E-state index contributed by atoms with van der Waals surface area (Å²) in [5.41, 5.74) is 1.63. The number of nitro benzene ring substituents is 1. The van der Waals surface area contributed by atoms with Crippen molar-refractivity contribution in [1.82, 2.24) is 4.72 Å². The van der Waals surface area contributed by atoms with Gasteiger partial charge < -0.3 is 10.1 Å². The lowest BCUT2D eigenvalue weighted by molar-refractivity contribution is -0.384. The molecule has 0 heterocycles. The molecule has 0 bridgehead atoms. The largest absolute Gasteiger partial charge is 0.460 e. The number of nitrogens with zero attached hydrogens (tertiary/aromatic N) is 1. The molecule has 10 heteroatoms. The molecule has 2 N–H and O–H groups in total. The van der Waals surface area contributed by atoms with Gasteiger partial charge in [-0.1, -0.05) is 29.8 Å². The molecule has 0 fully saturated rings. The van der Waals surface area contributed by atoms with Crippen LogP contribution in [0.4, 0.5) is 11.4 Å². The van der Waals surface area contributed by atoms with Crippen LogP contribution >= 0.6 is 0 Å². The Morgan fingerprint density at radius 2 is 1.85 bits per heavy atom. The summed E-state index contributed by atoms with van der Waals surface area (Å²) >= 11 is 0. The fourth-order valence-electron chi connectivity index (χ4n) is 2.18. The first kappa shape index (κ1) is 20.3. The van der Waals surface area contributed by atoms with Crippen molar-refractivity contribution in [3.63, 3.8) is 0 Å². The number of benzene rings is 2. The number of anilines is 1. The van der Waals surface area contributed by atoms with E-state index in [1.165, 1.54) is 19.2 Å². The number of sulfonamides is 1. The maximum Gasteiger partial charge on any atom is 0.321 e. The van der Waals surface area contributed by atoms with Crippen molar-refractivity contribution in [1.29, 1.82) is 0 Å². The van der Waals surface area contributed by atoms with Crippen LogP contribution in [0.1, 0.15) is 11.1 Å². The van der Waals surface area contributed by atoms with E-state index in [4.69, 9.17) is 4.74 Å². The molecule has 0 aliphatic heterocycles. The third-order valence-corrected chi connectivity index (χ3v) is 5.07. The highest BCUT2D eigenvalue weighted by molar-refractivity contribution is 7.89. The van der Waals surface area contributed by atoms with E-state index in [-0.39, 0.29) is 22.9 Å². The summed E-state index contributed by atoms with van der Waals surface area (Å²) in [4.78, 5) is 21.8. The Morgan fingerprint density at radius 1 is 1.19 bits per heavy atom. The number of aryl methyl sites for hydroxylation is 1. The van der Waals surface area contributed by atoms with Crippen molar-refractivity contribution in [2.75, 3.05) is 18.9 Å². The van der Waals surface area contributed by atoms with Crippen LogP contribution in [0.3, 0.4) is 0 Å². The van der Waals surface area contributed by atoms with Gasteiger partial charge in [-0.25, -0.2) is 8.42 Å². The van der Waals surface area contributed by atoms with E-state index in [2.05, 4.69) is 10.0 Å². The molecule has 2 aromatic carbocycles. The lowest BCUT2D eigenvalue weighted by Gasteiger charge is -2.09. The summed E-state index contributed by atoms with van der Waals surface area (Å²) in [5, 5.41) is 13.7. The van der Waals surface area contributed by atoms with E-state index in [1.54, 1.807) is 12.1 Å². The van der Waals surface area contributed by atoms with Gasteiger partial charge in [-0.3, -0.25) is 14.9 Å². The van der Waals surface area contributed by atoms with Crippen LogP contribution in [0.2, 0.25) is 0 Å². The van der Waals surface area contributed by atoms with E-state index in [9.17, 15) is 23.3 Å². The number of hydrogen-bond donors (Lipinski definition) is 2. The maximum atomic E-state index is 12.3. The second kappa shape index (κ2) is 8.60. The predicted molar refractivity (Wildman–Crippen MR) is 98.8 cm³/mol. The number of nitrogens with one attached hydrogen (secondary N) is 2. The van der Waals surface area contributed by atoms with Crippen LogP contribution < -0.4 is 10.0 Å². The van der Waals surface area contributed by atoms with Crippen LogP contribution in [0, 0.1) is 17.0 Å². The first-order valence-electron chi connectivity index (χ1n) is 7.90. The first-order valence-corrected chi connectivity index (χ1v) is 9.38. The van der Waals surface area contributed by atoms with E-state index >= 15 is 0 Å². The molecule has 0 saturated carbocycles. The Labute approximate surface area is 156 Å². The highest BCUT2D eigenvalue weighted by atomic mass is 32.2. The molecule has 0 amide bonds. The SMILES string of the molecule is CNc1ccc(S(=O)(=O)NCC(=O)OCc2ccc(C)cc2)cc1[N+](=O)[O-]. The van der Waals surface area contributed by atoms with E-state index in [0.29, 0.717) is 0 Å². The highest BCUT2D eigenvalue weighted by Crippen LogP contribution is 2.26. The van der Waals surface area contributed by atoms with Gasteiger partial charge in [-0.05, 0) is 24.6 Å². The molecular weight excluding hydrogens is 374 g/mol. The summed E-state index contributed by atoms with van der Waals surface area (Å²) in [6.07, 6.45) is 0. The van der Waals surface area contributed by atoms with Crippen molar-refractivity contribution in [2.24, 2.45) is 0 Å². The number of hydrogen-bond acceptors (Lipinski definition) is 7. The third kappa shape index (κ3) is 5.50. The lowest BCUT2D eigenvalue weighted by Crippen LogP contribution is -2.30. The molecule has 0 unspecified atom stereocenters. The smallest absolute Gasteiger partial charge is 0.321 e. The fourth-order valence-corrected chi connectivity index (χ4v) is 3.17. The fraction of sp³-hybridized carbons (Fsp3) is 0.235. The van der Waals surface area contributed by atoms with Gasteiger partial charge in [0.1, 0.15) is 18.8 Å². The molecule has 2 rings (SSSR count). The summed E-state index contributed by atoms with van der Waals surface area (Å²) in [6.45, 7) is 1.36. The van der Waals surface area contributed by atoms with Gasteiger partial charge in [0, 0.05) is 13.1 Å². The van der Waals surface area contributed by atoms with E-state index < -0.39 is 27.5 Å². The minimum absolute atomic E-state index is 0.0170. The molecule has 0 atom stereocenters. The second-order valence-electron chi connectivity index (χ2n) is 5.66. The molecular formula is C17H19N3O6S. The standard InChI is InChI=1S/C17H19N3O6S/c1-12-3-5-13(6-4-12)11-26-17(21)10-19-27(24,25)14-7-8-15(18-2)16(9-14)20(22)23/h3-9,18-19H,10-11H2,1-2H3. The number of carbonyl (C=O) groups is 1. The number of rotatable bonds is 8. The molecule has 0 radical (unpaired) electrons. The lowest BCUT2D eigenvalue weighted by atomic mass is 10.2. The Balaban J connectivity index is 1.99. The zero-order valence-electron chi connectivity index (χ0n) is 14.8. The van der Waals surface area contributed by atoms with Gasteiger partial charge in [0.2, 0.25) is 10.0 Å². The summed E-state index contributed by atoms with van der Waals surface area (Å²) < 4.78 is 31.6. The average molecular weight is 393 g/mol. The van der Waals surface area contributed by atoms with Crippen molar-refractivity contribution in [3.05, 3.63) is 63.7 Å². The van der Waals surface area contributed by atoms with Crippen LogP contribution in [-0.2, 0) is 26.2 Å². The molecule has 0 saturated heterocycles. The number of carbonyl (C=O) groups excluding carboxylic acids is 1. The van der Waals surface area contributed by atoms with Gasteiger partial charge in [-0.15, -0.1) is 0 Å². The van der Waals surface area contributed by atoms with Crippen LogP contribution in [0.5, 0.6) is 0 Å². The number of esters is 1. The van der Waals surface area contributed by atoms with Crippen molar-refractivity contribution >= 4 is 27.4 Å². The Kier molecular flexibility index (Phi) is 6.48. The topological polar surface area (TPSA) is 128 Å². The Hall–Kier alpha value is -2.98. The van der Waals surface area contributed by atoms with E-state index in [0.717, 1.165) is 17.2 Å². The quantitative estimate of drug-likeness (QED) is 0.399. The number of nitro groups is 1. The van der Waals surface area contributed by atoms with Gasteiger partial charge in [0.15, 0.2) is 0 Å². The molecule has 144 valence electrons. The first-order chi connectivity index (χ1) is 12.7. The second-order valence-corrected chi connectivity index (χ2v) is 7.42. The minimum Gasteiger partial charge on any atom is -0.460 e. The van der Waals surface area contributed by atoms with Gasteiger partial charge in [0.05, 0.1) is 9.82 Å². The van der Waals surface area contributed by atoms with Gasteiger partial charge in [0.25, 0.3) is 5.69 Å². The summed E-state index contributed by atoms with van der Waals surface area (Å²) in [5.74, 6) is -0.763. The number of ether oxygens (including phenoxy) is 1. The van der Waals surface area contributed by atoms with Crippen molar-refractivity contribution < 1.29 is 22.9 Å². The molecule has 9 nitrogen and oxygen atoms in total. The highest BCUT2D eigenvalue weighted by Gasteiger charge is 2.21.